The summed E-state index contributed by atoms with van der Waals surface area (Å²) in [7, 11) is 0. The predicted octanol–water partition coefficient (Wildman–Crippen LogP) is 32.7. The van der Waals surface area contributed by atoms with Crippen molar-refractivity contribution in [3.8, 4) is 89.3 Å². The van der Waals surface area contributed by atoms with Crippen LogP contribution in [-0.2, 0) is 37.9 Å². The van der Waals surface area contributed by atoms with Gasteiger partial charge in [-0.1, -0.05) is 376 Å². The highest BCUT2D eigenvalue weighted by Crippen LogP contribution is 2.57. The van der Waals surface area contributed by atoms with Crippen LogP contribution in [0.15, 0.2) is 340 Å². The molecule has 4 nitrogen and oxygen atoms in total. The molecule has 0 saturated heterocycles. The van der Waals surface area contributed by atoms with Gasteiger partial charge in [-0.2, -0.15) is 0 Å². The van der Waals surface area contributed by atoms with Crippen molar-refractivity contribution in [1.29, 1.82) is 0 Å². The number of hydrogen-bond donors (Lipinski definition) is 0. The van der Waals surface area contributed by atoms with Crippen LogP contribution in [0.25, 0.3) is 133 Å². The minimum Gasteiger partial charge on any atom is -0.310 e. The average Bonchev–Trinajstić information content (AvgIpc) is 0.781. The zero-order valence-electron chi connectivity index (χ0n) is 79.2. The monoisotopic (exact) mass is 1670 g/mol. The number of fused-ring (bicyclic) bond motifs is 10. The maximum atomic E-state index is 2.78. The van der Waals surface area contributed by atoms with Crippen LogP contribution in [0, 0.1) is 0 Å². The van der Waals surface area contributed by atoms with Crippen LogP contribution in [0.2, 0.25) is 0 Å². The first kappa shape index (κ1) is 84.0. The molecule has 18 aromatic rings. The Morgan fingerprint density at radius 2 is 0.426 bits per heavy atom. The summed E-state index contributed by atoms with van der Waals surface area (Å²) in [4.78, 5) is 5.55. The molecule has 16 aromatic carbocycles. The largest absolute Gasteiger partial charge is 0.310 e. The number of nitrogens with zero attached hydrogens (tertiary/aromatic N) is 4. The Labute approximate surface area is 765 Å². The van der Waals surface area contributed by atoms with Crippen molar-refractivity contribution in [1.82, 2.24) is 9.13 Å². The quantitative estimate of drug-likeness (QED) is 0.120. The molecule has 2 aliphatic rings. The first-order valence-corrected chi connectivity index (χ1v) is 46.5. The molecule has 20 rings (SSSR count). The lowest BCUT2D eigenvalue weighted by Gasteiger charge is -2.46. The van der Waals surface area contributed by atoms with Gasteiger partial charge in [0.15, 0.2) is 0 Å². The molecule has 0 bridgehead atoms. The Hall–Kier alpha value is -13.2. The van der Waals surface area contributed by atoms with Gasteiger partial charge in [0.25, 0.3) is 6.71 Å². The molecule has 0 fully saturated rings. The summed E-state index contributed by atoms with van der Waals surface area (Å²) in [6, 6.07) is 133. The van der Waals surface area contributed by atoms with Gasteiger partial charge in [-0.05, 0) is 258 Å². The van der Waals surface area contributed by atoms with Crippen LogP contribution < -0.4 is 26.2 Å². The Morgan fingerprint density at radius 1 is 0.186 bits per heavy atom. The third kappa shape index (κ3) is 14.9. The van der Waals surface area contributed by atoms with Crippen molar-refractivity contribution in [3.63, 3.8) is 0 Å². The van der Waals surface area contributed by atoms with E-state index in [9.17, 15) is 0 Å². The smallest absolute Gasteiger partial charge is 0.252 e. The predicted molar refractivity (Wildman–Crippen MR) is 558 cm³/mol. The number of hydrogen-bond acceptors (Lipinski definition) is 2. The Balaban J connectivity index is 0.986. The minimum atomic E-state index is -0.332. The first-order valence-electron chi connectivity index (χ1n) is 46.5. The molecular formula is C124H119BN4. The summed E-state index contributed by atoms with van der Waals surface area (Å²) in [6.45, 7) is 49.1. The van der Waals surface area contributed by atoms with E-state index in [1.54, 1.807) is 0 Å². The van der Waals surface area contributed by atoms with Crippen LogP contribution >= 0.6 is 0 Å². The maximum absolute atomic E-state index is 2.78. The fourth-order valence-corrected chi connectivity index (χ4v) is 20.2. The summed E-state index contributed by atoms with van der Waals surface area (Å²) < 4.78 is 5.17. The van der Waals surface area contributed by atoms with Crippen molar-refractivity contribution in [2.24, 2.45) is 0 Å². The summed E-state index contributed by atoms with van der Waals surface area (Å²) in [5.74, 6) is 0. The lowest BCUT2D eigenvalue weighted by atomic mass is 9.33. The van der Waals surface area contributed by atoms with Crippen molar-refractivity contribution < 1.29 is 0 Å². The molecule has 0 amide bonds. The highest BCUT2D eigenvalue weighted by atomic mass is 15.2. The molecule has 638 valence electrons. The van der Waals surface area contributed by atoms with E-state index in [-0.39, 0.29) is 44.6 Å². The van der Waals surface area contributed by atoms with E-state index in [0.29, 0.717) is 0 Å². The number of rotatable bonds is 11. The second-order valence-corrected chi connectivity index (χ2v) is 43.9. The zero-order chi connectivity index (χ0) is 90.1. The number of anilines is 6. The molecule has 2 aromatic heterocycles. The van der Waals surface area contributed by atoms with Gasteiger partial charge in [-0.3, -0.25) is 0 Å². The van der Waals surface area contributed by atoms with E-state index in [4.69, 9.17) is 0 Å². The van der Waals surface area contributed by atoms with E-state index in [0.717, 1.165) is 101 Å². The first-order chi connectivity index (χ1) is 61.4. The second-order valence-electron chi connectivity index (χ2n) is 43.9. The third-order valence-electron chi connectivity index (χ3n) is 27.8. The van der Waals surface area contributed by atoms with E-state index in [2.05, 4.69) is 504 Å². The SMILES string of the molecule is CC(C)(C)c1ccc(-c2cc3c4c(c2)N(c2c(-c5ccc(-c6ccccc6)cc5)cc(C(C)(C)C)cc2-c2ccc(-c5ccccc5)cc2)c2cc(-n5c6ccc(C(C)(C)C)cc6c6cc(C(C)(C)C)ccc65)ccc2B4c2ccc(-n4c5ccc(C(C)(C)C)cc5c5cc(C(C)(C)C)ccc54)cc2N3c2c(-c3ccccc3)cc(C(C)(C)C)cc2-c2ccccc2)cc1. The van der Waals surface area contributed by atoms with E-state index >= 15 is 0 Å². The molecule has 5 heteroatoms. The van der Waals surface area contributed by atoms with Crippen LogP contribution in [-0.4, -0.2) is 15.8 Å². The fraction of sp³-hybridized carbons (Fsp3) is 0.226. The fourth-order valence-electron chi connectivity index (χ4n) is 20.2. The van der Waals surface area contributed by atoms with Gasteiger partial charge in [0.2, 0.25) is 0 Å². The second kappa shape index (κ2) is 30.8. The molecule has 0 spiro atoms. The van der Waals surface area contributed by atoms with Gasteiger partial charge in [0.05, 0.1) is 33.4 Å². The van der Waals surface area contributed by atoms with E-state index in [1.807, 2.05) is 0 Å². The van der Waals surface area contributed by atoms with Crippen LogP contribution in [0.3, 0.4) is 0 Å². The van der Waals surface area contributed by atoms with Crippen LogP contribution in [0.4, 0.5) is 34.1 Å². The highest BCUT2D eigenvalue weighted by molar-refractivity contribution is 7.00. The van der Waals surface area contributed by atoms with Crippen molar-refractivity contribution >= 4 is 101 Å². The maximum Gasteiger partial charge on any atom is 0.252 e. The Kier molecular flexibility index (Phi) is 20.0. The van der Waals surface area contributed by atoms with E-state index < -0.39 is 0 Å². The highest BCUT2D eigenvalue weighted by Gasteiger charge is 2.47. The summed E-state index contributed by atoms with van der Waals surface area (Å²) in [5, 5.41) is 5.01. The van der Waals surface area contributed by atoms with Gasteiger partial charge >= 0.3 is 0 Å². The number of aromatic nitrogens is 2. The minimum absolute atomic E-state index is 0.0879. The van der Waals surface area contributed by atoms with Gasteiger partial charge < -0.3 is 18.9 Å². The molecule has 0 unspecified atom stereocenters. The average molecular weight is 1680 g/mol. The standard InChI is InChI=1S/C124H119BN4/c1-118(2,3)88-52-50-82(51-53-88)87-66-113-115-114(67-87)129(117-99(85-46-42-80(43-47-85)78-34-26-22-27-35-78)74-94(124(19,20)21)75-100(117)86-48-44-81(45-49-86)79-36-28-23-29-37-79)112-77-96(127-109-64-56-91(121(10,11)12)70-103(109)104-71-92(122(13,14)15)57-65-110(104)127)59-61-106(112)125(115)105-60-58-95(126-107-62-54-89(119(4,5)6)68-101(107)102-69-90(120(7,8)9)55-63-108(102)126)76-111(105)128(113)116-97(83-38-30-24-31-39-83)72-93(123(16,17)18)73-98(116)84-40-32-25-33-41-84/h22-77H,1-21H3. The van der Waals surface area contributed by atoms with Crippen molar-refractivity contribution in [3.05, 3.63) is 379 Å². The van der Waals surface area contributed by atoms with Crippen molar-refractivity contribution in [2.45, 2.75) is 183 Å². The molecule has 0 saturated carbocycles. The lowest BCUT2D eigenvalue weighted by Crippen LogP contribution is -2.61. The molecule has 0 atom stereocenters. The molecule has 2 aliphatic heterocycles. The normalized spacial score (nSPS) is 13.3. The van der Waals surface area contributed by atoms with Gasteiger partial charge in [0.1, 0.15) is 0 Å². The van der Waals surface area contributed by atoms with Crippen molar-refractivity contribution in [2.75, 3.05) is 9.80 Å². The summed E-state index contributed by atoms with van der Waals surface area (Å²) in [5.41, 5.74) is 41.2. The van der Waals surface area contributed by atoms with Gasteiger partial charge in [-0.25, -0.2) is 0 Å². The lowest BCUT2D eigenvalue weighted by molar-refractivity contribution is 0.590. The van der Waals surface area contributed by atoms with Gasteiger partial charge in [-0.15, -0.1) is 0 Å². The molecule has 129 heavy (non-hydrogen) atoms. The zero-order valence-corrected chi connectivity index (χ0v) is 79.2. The summed E-state index contributed by atoms with van der Waals surface area (Å²) in [6.07, 6.45) is 0. The molecule has 4 heterocycles. The molecule has 0 radical (unpaired) electrons. The summed E-state index contributed by atoms with van der Waals surface area (Å²) >= 11 is 0. The van der Waals surface area contributed by atoms with Gasteiger partial charge in [0, 0.05) is 77.9 Å². The Morgan fingerprint density at radius 3 is 0.713 bits per heavy atom. The molecule has 0 N–H and O–H groups in total. The number of benzene rings is 16. The molecular weight excluding hydrogens is 1560 g/mol. The van der Waals surface area contributed by atoms with E-state index in [1.165, 1.54) is 121 Å². The topological polar surface area (TPSA) is 16.3 Å². The molecule has 0 aliphatic carbocycles. The van der Waals surface area contributed by atoms with Crippen LogP contribution in [0.5, 0.6) is 0 Å². The Bertz CT molecular complexity index is 7130. The van der Waals surface area contributed by atoms with Crippen LogP contribution in [0.1, 0.15) is 184 Å². The third-order valence-corrected chi connectivity index (χ3v) is 27.8.